The van der Waals surface area contributed by atoms with Gasteiger partial charge in [0.05, 0.1) is 12.2 Å². The van der Waals surface area contributed by atoms with E-state index < -0.39 is 5.97 Å². The van der Waals surface area contributed by atoms with Crippen molar-refractivity contribution in [1.82, 2.24) is 49.8 Å². The molecular weight excluding hydrogens is 608 g/mol. The third kappa shape index (κ3) is 9.60. The van der Waals surface area contributed by atoms with Crippen molar-refractivity contribution >= 4 is 46.4 Å². The van der Waals surface area contributed by atoms with Crippen LogP contribution in [0, 0.1) is 0 Å². The average Bonchev–Trinajstić information content (AvgIpc) is 3.68. The van der Waals surface area contributed by atoms with Crippen LogP contribution in [0.1, 0.15) is 13.8 Å². The van der Waals surface area contributed by atoms with E-state index in [1.807, 2.05) is 46.9 Å². The molecule has 240 valence electrons. The predicted molar refractivity (Wildman–Crippen MR) is 170 cm³/mol. The zero-order valence-corrected chi connectivity index (χ0v) is 25.2. The first-order valence-corrected chi connectivity index (χ1v) is 13.9. The molecule has 0 atom stereocenters. The van der Waals surface area contributed by atoms with Crippen molar-refractivity contribution in [2.75, 3.05) is 24.1 Å². The van der Waals surface area contributed by atoms with Crippen LogP contribution < -0.4 is 21.7 Å². The number of carbonyl (C=O) groups excluding carboxylic acids is 3. The van der Waals surface area contributed by atoms with Crippen molar-refractivity contribution in [2.45, 2.75) is 13.8 Å². The number of rotatable bonds is 7. The number of carboxylic acid groups (broad SMARTS) is 1. The van der Waals surface area contributed by atoms with Crippen molar-refractivity contribution in [3.8, 4) is 23.0 Å². The topological polar surface area (TPSA) is 237 Å². The molecule has 6 heterocycles. The maximum atomic E-state index is 11.8. The summed E-state index contributed by atoms with van der Waals surface area (Å²) < 4.78 is 3.58. The summed E-state index contributed by atoms with van der Waals surface area (Å²) in [5.41, 5.74) is 9.84. The third-order valence-electron chi connectivity index (χ3n) is 5.89. The largest absolute Gasteiger partial charge is 0.480 e. The van der Waals surface area contributed by atoms with Gasteiger partial charge in [-0.3, -0.25) is 37.9 Å². The van der Waals surface area contributed by atoms with Gasteiger partial charge in [0, 0.05) is 44.3 Å². The van der Waals surface area contributed by atoms with Crippen LogP contribution in [0.4, 0.5) is 11.4 Å². The maximum absolute atomic E-state index is 11.8. The molecule has 17 nitrogen and oxygen atoms in total. The Balaban J connectivity index is 0.000000180. The van der Waals surface area contributed by atoms with E-state index in [1.54, 1.807) is 47.4 Å². The van der Waals surface area contributed by atoms with E-state index in [9.17, 15) is 19.2 Å². The molecule has 0 aliphatic heterocycles. The van der Waals surface area contributed by atoms with Gasteiger partial charge in [-0.05, 0) is 48.5 Å². The lowest BCUT2D eigenvalue weighted by molar-refractivity contribution is -0.137. The van der Waals surface area contributed by atoms with E-state index in [4.69, 9.17) is 10.8 Å². The number of aromatic nitrogens is 8. The normalized spacial score (nSPS) is 10.2. The maximum Gasteiger partial charge on any atom is 0.322 e. The third-order valence-corrected chi connectivity index (χ3v) is 5.89. The Morgan fingerprint density at radius 3 is 1.72 bits per heavy atom. The smallest absolute Gasteiger partial charge is 0.322 e. The van der Waals surface area contributed by atoms with Crippen LogP contribution in [-0.4, -0.2) is 81.1 Å². The van der Waals surface area contributed by atoms with Crippen molar-refractivity contribution < 1.29 is 24.3 Å². The van der Waals surface area contributed by atoms with E-state index >= 15 is 0 Å². The molecule has 6 aromatic rings. The van der Waals surface area contributed by atoms with Crippen molar-refractivity contribution in [3.05, 3.63) is 85.5 Å². The number of carbonyl (C=O) groups is 4. The van der Waals surface area contributed by atoms with Gasteiger partial charge in [-0.2, -0.15) is 0 Å². The number of aliphatic carboxylic acids is 1. The van der Waals surface area contributed by atoms with Gasteiger partial charge in [-0.15, -0.1) is 20.4 Å². The fourth-order valence-corrected chi connectivity index (χ4v) is 3.82. The average molecular weight is 639 g/mol. The van der Waals surface area contributed by atoms with E-state index in [2.05, 4.69) is 46.3 Å². The fraction of sp³-hybridized carbons (Fsp3) is 0.133. The SMILES string of the molecule is CC(=O)NCC(=O)Nc1ccc2nnc(-c3ccccn3)n2c1.CC(=O)NCC(=O)O.Nc1ccc2nnc(-c3ccccn3)n2c1. The summed E-state index contributed by atoms with van der Waals surface area (Å²) in [6, 6.07) is 18.3. The summed E-state index contributed by atoms with van der Waals surface area (Å²) in [7, 11) is 0. The molecule has 0 aliphatic rings. The van der Waals surface area contributed by atoms with Crippen LogP contribution in [0.2, 0.25) is 0 Å². The summed E-state index contributed by atoms with van der Waals surface area (Å²) in [4.78, 5) is 50.7. The second-order valence-corrected chi connectivity index (χ2v) is 9.58. The molecule has 0 saturated carbocycles. The van der Waals surface area contributed by atoms with Gasteiger partial charge in [-0.25, -0.2) is 0 Å². The summed E-state index contributed by atoms with van der Waals surface area (Å²) >= 11 is 0. The molecule has 3 amide bonds. The summed E-state index contributed by atoms with van der Waals surface area (Å²) in [6.07, 6.45) is 6.91. The van der Waals surface area contributed by atoms with Crippen LogP contribution >= 0.6 is 0 Å². The number of anilines is 2. The summed E-state index contributed by atoms with van der Waals surface area (Å²) in [5.74, 6) is -0.645. The Kier molecular flexibility index (Phi) is 11.1. The number of amides is 3. The van der Waals surface area contributed by atoms with Crippen molar-refractivity contribution in [3.63, 3.8) is 0 Å². The standard InChI is InChI=1S/C15H14N6O2.C11H9N5.C4H7NO3/c1-10(22)17-8-14(23)18-11-5-6-13-19-20-15(21(13)9-11)12-4-2-3-7-16-12;12-8-4-5-10-14-15-11(16(10)7-8)9-3-1-2-6-13-9;1-3(6)5-2-4(7)8/h2-7,9H,8H2,1H3,(H,17,22)(H,18,23);1-7H,12H2;2H2,1H3,(H,5,6)(H,7,8). The highest BCUT2D eigenvalue weighted by molar-refractivity contribution is 5.94. The molecule has 0 radical (unpaired) electrons. The number of nitrogens with one attached hydrogen (secondary N) is 3. The number of nitrogen functional groups attached to an aromatic ring is 1. The van der Waals surface area contributed by atoms with Crippen LogP contribution in [0.3, 0.4) is 0 Å². The number of nitrogens with zero attached hydrogens (tertiary/aromatic N) is 8. The Morgan fingerprint density at radius 1 is 0.702 bits per heavy atom. The first kappa shape index (κ1) is 33.1. The van der Waals surface area contributed by atoms with Gasteiger partial charge in [0.15, 0.2) is 22.9 Å². The first-order valence-electron chi connectivity index (χ1n) is 13.9. The number of nitrogens with two attached hydrogens (primary N) is 1. The van der Waals surface area contributed by atoms with Crippen LogP contribution in [-0.2, 0) is 19.2 Å². The van der Waals surface area contributed by atoms with Gasteiger partial charge in [0.1, 0.15) is 17.9 Å². The Morgan fingerprint density at radius 2 is 1.23 bits per heavy atom. The molecule has 6 rings (SSSR count). The zero-order valence-electron chi connectivity index (χ0n) is 25.2. The second kappa shape index (κ2) is 15.8. The van der Waals surface area contributed by atoms with Crippen LogP contribution in [0.25, 0.3) is 34.3 Å². The van der Waals surface area contributed by atoms with Crippen LogP contribution in [0.15, 0.2) is 85.5 Å². The molecular formula is C30H30N12O5. The van der Waals surface area contributed by atoms with Gasteiger partial charge in [0.25, 0.3) is 0 Å². The molecule has 17 heteroatoms. The molecule has 0 spiro atoms. The number of fused-ring (bicyclic) bond motifs is 2. The molecule has 0 aliphatic carbocycles. The summed E-state index contributed by atoms with van der Waals surface area (Å²) in [6.45, 7) is 2.25. The minimum atomic E-state index is -1.03. The second-order valence-electron chi connectivity index (χ2n) is 9.58. The number of hydrogen-bond acceptors (Lipinski definition) is 11. The van der Waals surface area contributed by atoms with Crippen molar-refractivity contribution in [2.24, 2.45) is 0 Å². The fourth-order valence-electron chi connectivity index (χ4n) is 3.82. The highest BCUT2D eigenvalue weighted by atomic mass is 16.4. The Bertz CT molecular complexity index is 1980. The van der Waals surface area contributed by atoms with E-state index in [-0.39, 0.29) is 30.8 Å². The molecule has 6 N–H and O–H groups in total. The lowest BCUT2D eigenvalue weighted by Gasteiger charge is -2.07. The lowest BCUT2D eigenvalue weighted by Crippen LogP contribution is -2.31. The molecule has 0 aromatic carbocycles. The minimum absolute atomic E-state index is 0.0807. The first-order chi connectivity index (χ1) is 22.6. The molecule has 6 aromatic heterocycles. The molecule has 0 fully saturated rings. The highest BCUT2D eigenvalue weighted by Gasteiger charge is 2.11. The molecule has 0 bridgehead atoms. The quantitative estimate of drug-likeness (QED) is 0.167. The number of carboxylic acids is 1. The molecule has 0 saturated heterocycles. The lowest BCUT2D eigenvalue weighted by atomic mass is 10.3. The van der Waals surface area contributed by atoms with Gasteiger partial charge >= 0.3 is 5.97 Å². The highest BCUT2D eigenvalue weighted by Crippen LogP contribution is 2.19. The monoisotopic (exact) mass is 638 g/mol. The van der Waals surface area contributed by atoms with Gasteiger partial charge < -0.3 is 26.8 Å². The minimum Gasteiger partial charge on any atom is -0.480 e. The number of hydrogen-bond donors (Lipinski definition) is 5. The van der Waals surface area contributed by atoms with Gasteiger partial charge in [-0.1, -0.05) is 12.1 Å². The van der Waals surface area contributed by atoms with E-state index in [0.29, 0.717) is 34.4 Å². The van der Waals surface area contributed by atoms with Crippen LogP contribution in [0.5, 0.6) is 0 Å². The summed E-state index contributed by atoms with van der Waals surface area (Å²) in [5, 5.41) is 31.6. The Hall–Kier alpha value is -6.78. The van der Waals surface area contributed by atoms with Gasteiger partial charge in [0.2, 0.25) is 17.7 Å². The molecule has 47 heavy (non-hydrogen) atoms. The Labute approximate surface area is 266 Å². The van der Waals surface area contributed by atoms with E-state index in [0.717, 1.165) is 11.3 Å². The van der Waals surface area contributed by atoms with E-state index in [1.165, 1.54) is 13.8 Å². The van der Waals surface area contributed by atoms with Crippen molar-refractivity contribution in [1.29, 1.82) is 0 Å². The zero-order chi connectivity index (χ0) is 33.8. The number of pyridine rings is 4. The predicted octanol–water partition coefficient (Wildman–Crippen LogP) is 1.45. The molecule has 0 unspecified atom stereocenters.